The van der Waals surface area contributed by atoms with Gasteiger partial charge >= 0.3 is 0 Å². The van der Waals surface area contributed by atoms with E-state index in [9.17, 15) is 0 Å². The van der Waals surface area contributed by atoms with Crippen LogP contribution in [0.5, 0.6) is 0 Å². The van der Waals surface area contributed by atoms with Gasteiger partial charge in [0, 0.05) is 10.4 Å². The Morgan fingerprint density at radius 2 is 2.07 bits per heavy atom. The third kappa shape index (κ3) is 5.33. The number of hydrogen-bond acceptors (Lipinski definition) is 2. The van der Waals surface area contributed by atoms with Gasteiger partial charge in [-0.15, -0.1) is 11.3 Å². The lowest BCUT2D eigenvalue weighted by molar-refractivity contribution is 0.381. The predicted octanol–water partition coefficient (Wildman–Crippen LogP) is 3.62. The molecule has 1 unspecified atom stereocenters. The number of rotatable bonds is 4. The van der Waals surface area contributed by atoms with E-state index in [1.807, 2.05) is 11.3 Å². The molecule has 1 rings (SSSR count). The van der Waals surface area contributed by atoms with E-state index in [1.165, 1.54) is 16.9 Å². The molecule has 0 aliphatic rings. The fourth-order valence-corrected chi connectivity index (χ4v) is 2.28. The highest BCUT2D eigenvalue weighted by molar-refractivity contribution is 7.10. The van der Waals surface area contributed by atoms with Gasteiger partial charge in [-0.1, -0.05) is 6.92 Å². The molecule has 0 aromatic carbocycles. The van der Waals surface area contributed by atoms with Crippen LogP contribution in [0.3, 0.4) is 0 Å². The van der Waals surface area contributed by atoms with Crippen molar-refractivity contribution >= 4 is 11.3 Å². The summed E-state index contributed by atoms with van der Waals surface area (Å²) in [5.41, 5.74) is 1.72. The molecule has 1 aromatic rings. The maximum atomic E-state index is 3.55. The smallest absolute Gasteiger partial charge is 0.00966 e. The van der Waals surface area contributed by atoms with E-state index >= 15 is 0 Å². The van der Waals surface area contributed by atoms with Crippen LogP contribution < -0.4 is 5.32 Å². The molecule has 1 N–H and O–H groups in total. The van der Waals surface area contributed by atoms with E-state index in [-0.39, 0.29) is 5.54 Å². The van der Waals surface area contributed by atoms with Gasteiger partial charge in [0.05, 0.1) is 0 Å². The summed E-state index contributed by atoms with van der Waals surface area (Å²) in [5.74, 6) is 0.707. The molecule has 0 spiro atoms. The first-order valence-corrected chi connectivity index (χ1v) is 6.54. The molecule has 1 aromatic heterocycles. The molecular formula is C13H23NS. The van der Waals surface area contributed by atoms with E-state index in [4.69, 9.17) is 0 Å². The molecule has 86 valence electrons. The number of hydrogen-bond donors (Lipinski definition) is 1. The third-order valence-electron chi connectivity index (χ3n) is 2.35. The number of thiophene rings is 1. The van der Waals surface area contributed by atoms with Crippen molar-refractivity contribution < 1.29 is 0 Å². The fraction of sp³-hybridized carbons (Fsp3) is 0.692. The molecule has 0 fully saturated rings. The second kappa shape index (κ2) is 5.13. The van der Waals surface area contributed by atoms with Crippen molar-refractivity contribution in [2.45, 2.75) is 46.6 Å². The summed E-state index contributed by atoms with van der Waals surface area (Å²) in [4.78, 5) is 1.42. The largest absolute Gasteiger partial charge is 0.312 e. The van der Waals surface area contributed by atoms with Gasteiger partial charge in [0.1, 0.15) is 0 Å². The molecule has 1 nitrogen and oxygen atoms in total. The summed E-state index contributed by atoms with van der Waals surface area (Å²) in [6.07, 6.45) is 1.19. The van der Waals surface area contributed by atoms with Crippen molar-refractivity contribution in [3.05, 3.63) is 21.9 Å². The number of nitrogens with one attached hydrogen (secondary N) is 1. The van der Waals surface area contributed by atoms with Gasteiger partial charge in [-0.2, -0.15) is 0 Å². The molecule has 15 heavy (non-hydrogen) atoms. The van der Waals surface area contributed by atoms with Gasteiger partial charge in [-0.25, -0.2) is 0 Å². The molecule has 0 amide bonds. The van der Waals surface area contributed by atoms with Gasteiger partial charge in [-0.05, 0) is 63.6 Å². The minimum absolute atomic E-state index is 0.235. The van der Waals surface area contributed by atoms with Crippen molar-refractivity contribution in [1.82, 2.24) is 5.32 Å². The molecule has 0 saturated heterocycles. The topological polar surface area (TPSA) is 12.0 Å². The van der Waals surface area contributed by atoms with E-state index in [1.54, 1.807) is 0 Å². The van der Waals surface area contributed by atoms with Crippen LogP contribution >= 0.6 is 11.3 Å². The molecule has 0 bridgehead atoms. The van der Waals surface area contributed by atoms with Crippen molar-refractivity contribution in [2.75, 3.05) is 6.54 Å². The molecule has 0 saturated carbocycles. The minimum atomic E-state index is 0.235. The Morgan fingerprint density at radius 3 is 2.53 bits per heavy atom. The van der Waals surface area contributed by atoms with Gasteiger partial charge < -0.3 is 5.32 Å². The van der Waals surface area contributed by atoms with Gasteiger partial charge in [0.15, 0.2) is 0 Å². The summed E-state index contributed by atoms with van der Waals surface area (Å²) in [5, 5.41) is 5.83. The first-order chi connectivity index (χ1) is 6.87. The van der Waals surface area contributed by atoms with Crippen LogP contribution in [-0.4, -0.2) is 12.1 Å². The molecule has 1 atom stereocenters. The maximum absolute atomic E-state index is 3.55. The van der Waals surface area contributed by atoms with Crippen LogP contribution in [0.4, 0.5) is 0 Å². The summed E-state index contributed by atoms with van der Waals surface area (Å²) in [6.45, 7) is 12.2. The van der Waals surface area contributed by atoms with Crippen molar-refractivity contribution in [3.63, 3.8) is 0 Å². The Bertz CT molecular complexity index is 296. The highest BCUT2D eigenvalue weighted by Gasteiger charge is 2.11. The standard InChI is InChI=1S/C13H23NS/c1-10(8-14-13(3,4)5)6-12-7-11(2)15-9-12/h7,9-10,14H,6,8H2,1-5H3. The Hall–Kier alpha value is -0.340. The Labute approximate surface area is 97.9 Å². The number of aryl methyl sites for hydroxylation is 1. The van der Waals surface area contributed by atoms with Crippen LogP contribution in [0.25, 0.3) is 0 Å². The van der Waals surface area contributed by atoms with E-state index in [0.29, 0.717) is 5.92 Å². The SMILES string of the molecule is Cc1cc(CC(C)CNC(C)(C)C)cs1. The highest BCUT2D eigenvalue weighted by atomic mass is 32.1. The highest BCUT2D eigenvalue weighted by Crippen LogP contribution is 2.16. The lowest BCUT2D eigenvalue weighted by Gasteiger charge is -2.23. The Kier molecular flexibility index (Phi) is 4.35. The van der Waals surface area contributed by atoms with E-state index in [2.05, 4.69) is 51.4 Å². The van der Waals surface area contributed by atoms with Crippen LogP contribution in [0.1, 0.15) is 38.1 Å². The van der Waals surface area contributed by atoms with Crippen LogP contribution in [-0.2, 0) is 6.42 Å². The summed E-state index contributed by atoms with van der Waals surface area (Å²) in [7, 11) is 0. The Morgan fingerprint density at radius 1 is 1.40 bits per heavy atom. The first-order valence-electron chi connectivity index (χ1n) is 5.66. The average Bonchev–Trinajstić information content (AvgIpc) is 2.47. The van der Waals surface area contributed by atoms with Crippen LogP contribution in [0.15, 0.2) is 11.4 Å². The van der Waals surface area contributed by atoms with Crippen LogP contribution in [0.2, 0.25) is 0 Å². The average molecular weight is 225 g/mol. The van der Waals surface area contributed by atoms with Crippen molar-refractivity contribution in [2.24, 2.45) is 5.92 Å². The summed E-state index contributed by atoms with van der Waals surface area (Å²) >= 11 is 1.85. The lowest BCUT2D eigenvalue weighted by Crippen LogP contribution is -2.38. The second-order valence-corrected chi connectivity index (χ2v) is 6.62. The minimum Gasteiger partial charge on any atom is -0.312 e. The third-order valence-corrected chi connectivity index (χ3v) is 3.26. The summed E-state index contributed by atoms with van der Waals surface area (Å²) < 4.78 is 0. The van der Waals surface area contributed by atoms with E-state index < -0.39 is 0 Å². The maximum Gasteiger partial charge on any atom is 0.00966 e. The fourth-order valence-electron chi connectivity index (χ4n) is 1.56. The zero-order chi connectivity index (χ0) is 11.5. The van der Waals surface area contributed by atoms with Crippen molar-refractivity contribution in [3.8, 4) is 0 Å². The normalized spacial score (nSPS) is 14.2. The Balaban J connectivity index is 2.33. The molecule has 0 radical (unpaired) electrons. The molecular weight excluding hydrogens is 202 g/mol. The molecule has 0 aliphatic carbocycles. The molecule has 2 heteroatoms. The summed E-state index contributed by atoms with van der Waals surface area (Å²) in [6, 6.07) is 2.30. The molecule has 0 aliphatic heterocycles. The predicted molar refractivity (Wildman–Crippen MR) is 69.7 cm³/mol. The zero-order valence-electron chi connectivity index (χ0n) is 10.6. The first kappa shape index (κ1) is 12.7. The van der Waals surface area contributed by atoms with Gasteiger partial charge in [0.2, 0.25) is 0 Å². The second-order valence-electron chi connectivity index (χ2n) is 5.51. The van der Waals surface area contributed by atoms with Gasteiger partial charge in [-0.3, -0.25) is 0 Å². The monoisotopic (exact) mass is 225 g/mol. The van der Waals surface area contributed by atoms with E-state index in [0.717, 1.165) is 6.54 Å². The quantitative estimate of drug-likeness (QED) is 0.825. The molecule has 1 heterocycles. The van der Waals surface area contributed by atoms with Crippen molar-refractivity contribution in [1.29, 1.82) is 0 Å². The van der Waals surface area contributed by atoms with Crippen LogP contribution in [0, 0.1) is 12.8 Å². The lowest BCUT2D eigenvalue weighted by atomic mass is 10.0. The zero-order valence-corrected chi connectivity index (χ0v) is 11.4. The van der Waals surface area contributed by atoms with Gasteiger partial charge in [0.25, 0.3) is 0 Å².